The number of ether oxygens (including phenoxy) is 2. The first-order valence-corrected chi connectivity index (χ1v) is 9.26. The van der Waals surface area contributed by atoms with E-state index in [2.05, 4.69) is 6.92 Å². The van der Waals surface area contributed by atoms with Crippen molar-refractivity contribution >= 4 is 5.90 Å². The third-order valence-corrected chi connectivity index (χ3v) is 3.95. The molecular weight excluding hydrogens is 302 g/mol. The summed E-state index contributed by atoms with van der Waals surface area (Å²) >= 11 is 0. The predicted molar refractivity (Wildman–Crippen MR) is 98.7 cm³/mol. The number of benzene rings is 1. The molecule has 1 aromatic rings. The number of aliphatic hydroxyl groups is 1. The second-order valence-electron chi connectivity index (χ2n) is 6.15. The highest BCUT2D eigenvalue weighted by Crippen LogP contribution is 2.09. The lowest BCUT2D eigenvalue weighted by atomic mass is 10.1. The van der Waals surface area contributed by atoms with Gasteiger partial charge in [-0.25, -0.2) is 0 Å². The summed E-state index contributed by atoms with van der Waals surface area (Å²) in [6.45, 7) is 3.88. The summed E-state index contributed by atoms with van der Waals surface area (Å²) in [5.74, 6) is 0.203. The van der Waals surface area contributed by atoms with Crippen LogP contribution in [0.1, 0.15) is 63.9 Å². The van der Waals surface area contributed by atoms with Gasteiger partial charge < -0.3 is 14.6 Å². The van der Waals surface area contributed by atoms with Crippen molar-refractivity contribution < 1.29 is 14.6 Å². The molecule has 0 aliphatic heterocycles. The van der Waals surface area contributed by atoms with Gasteiger partial charge in [-0.3, -0.25) is 5.41 Å². The molecule has 1 rings (SSSR count). The van der Waals surface area contributed by atoms with Crippen LogP contribution in [0.25, 0.3) is 0 Å². The lowest BCUT2D eigenvalue weighted by molar-refractivity contribution is 0.0706. The summed E-state index contributed by atoms with van der Waals surface area (Å²) < 4.78 is 10.9. The largest absolute Gasteiger partial charge is 0.478 e. The maximum Gasteiger partial charge on any atom is 0.213 e. The van der Waals surface area contributed by atoms with Crippen molar-refractivity contribution in [3.8, 4) is 0 Å². The molecule has 0 heterocycles. The van der Waals surface area contributed by atoms with Gasteiger partial charge in [0.05, 0.1) is 12.7 Å². The Morgan fingerprint density at radius 2 is 1.71 bits per heavy atom. The van der Waals surface area contributed by atoms with Gasteiger partial charge in [0, 0.05) is 25.2 Å². The van der Waals surface area contributed by atoms with E-state index in [1.165, 1.54) is 25.7 Å². The number of hydrogen-bond donors (Lipinski definition) is 2. The van der Waals surface area contributed by atoms with Gasteiger partial charge in [0.2, 0.25) is 5.90 Å². The van der Waals surface area contributed by atoms with Gasteiger partial charge in [0.25, 0.3) is 0 Å². The molecule has 0 radical (unpaired) electrons. The fourth-order valence-electron chi connectivity index (χ4n) is 2.46. The highest BCUT2D eigenvalue weighted by atomic mass is 16.5. The molecule has 0 bridgehead atoms. The number of nitrogens with one attached hydrogen (secondary N) is 1. The van der Waals surface area contributed by atoms with E-state index in [1.54, 1.807) is 0 Å². The molecule has 0 aliphatic rings. The Kier molecular flexibility index (Phi) is 12.0. The Labute approximate surface area is 146 Å². The van der Waals surface area contributed by atoms with Crippen LogP contribution >= 0.6 is 0 Å². The molecule has 2 N–H and O–H groups in total. The molecule has 136 valence electrons. The average molecular weight is 335 g/mol. The monoisotopic (exact) mass is 335 g/mol. The van der Waals surface area contributed by atoms with Crippen molar-refractivity contribution in [3.63, 3.8) is 0 Å². The molecule has 0 fully saturated rings. The van der Waals surface area contributed by atoms with Crippen molar-refractivity contribution in [2.24, 2.45) is 0 Å². The maximum absolute atomic E-state index is 9.87. The van der Waals surface area contributed by atoms with Gasteiger partial charge in [-0.1, -0.05) is 57.2 Å². The Morgan fingerprint density at radius 3 is 2.46 bits per heavy atom. The lowest BCUT2D eigenvalue weighted by Gasteiger charge is -2.11. The molecule has 0 aliphatic carbocycles. The van der Waals surface area contributed by atoms with Crippen LogP contribution in [0.5, 0.6) is 0 Å². The second-order valence-corrected chi connectivity index (χ2v) is 6.15. The smallest absolute Gasteiger partial charge is 0.213 e. The van der Waals surface area contributed by atoms with Crippen LogP contribution < -0.4 is 0 Å². The summed E-state index contributed by atoms with van der Waals surface area (Å²) in [5.41, 5.74) is 0.792. The molecular formula is C20H33NO3. The quantitative estimate of drug-likeness (QED) is 0.298. The number of hydrogen-bond acceptors (Lipinski definition) is 4. The van der Waals surface area contributed by atoms with E-state index in [0.717, 1.165) is 24.8 Å². The molecule has 0 aromatic heterocycles. The normalized spacial score (nSPS) is 12.1. The van der Waals surface area contributed by atoms with E-state index in [9.17, 15) is 5.11 Å². The van der Waals surface area contributed by atoms with E-state index in [1.807, 2.05) is 30.3 Å². The minimum atomic E-state index is -0.242. The van der Waals surface area contributed by atoms with Crippen molar-refractivity contribution in [1.29, 1.82) is 5.41 Å². The van der Waals surface area contributed by atoms with Crippen LogP contribution in [0.3, 0.4) is 0 Å². The van der Waals surface area contributed by atoms with Gasteiger partial charge in [-0.05, 0) is 25.0 Å². The van der Waals surface area contributed by atoms with E-state index in [-0.39, 0.29) is 12.0 Å². The van der Waals surface area contributed by atoms with Crippen LogP contribution in [-0.4, -0.2) is 36.9 Å². The molecule has 4 heteroatoms. The second kappa shape index (κ2) is 14.0. The van der Waals surface area contributed by atoms with E-state index in [4.69, 9.17) is 14.9 Å². The maximum atomic E-state index is 9.87. The fraction of sp³-hybridized carbons (Fsp3) is 0.650. The molecule has 24 heavy (non-hydrogen) atoms. The van der Waals surface area contributed by atoms with Crippen LogP contribution in [-0.2, 0) is 9.47 Å². The summed E-state index contributed by atoms with van der Waals surface area (Å²) in [6, 6.07) is 9.44. The van der Waals surface area contributed by atoms with Gasteiger partial charge in [-0.2, -0.15) is 0 Å². The summed E-state index contributed by atoms with van der Waals surface area (Å²) in [7, 11) is 0. The molecule has 0 saturated carbocycles. The molecule has 0 spiro atoms. The van der Waals surface area contributed by atoms with E-state index >= 15 is 0 Å². The fourth-order valence-corrected chi connectivity index (χ4v) is 2.46. The first-order chi connectivity index (χ1) is 11.7. The Balaban J connectivity index is 1.90. The summed E-state index contributed by atoms with van der Waals surface area (Å²) in [4.78, 5) is 0. The third-order valence-electron chi connectivity index (χ3n) is 3.95. The van der Waals surface area contributed by atoms with Crippen molar-refractivity contribution in [2.45, 2.75) is 64.4 Å². The van der Waals surface area contributed by atoms with Gasteiger partial charge in [-0.15, -0.1) is 0 Å². The topological polar surface area (TPSA) is 62.5 Å². The van der Waals surface area contributed by atoms with Crippen molar-refractivity contribution in [2.75, 3.05) is 19.8 Å². The highest BCUT2D eigenvalue weighted by Gasteiger charge is 2.04. The first kappa shape index (κ1) is 20.7. The molecule has 1 unspecified atom stereocenters. The van der Waals surface area contributed by atoms with Crippen molar-refractivity contribution in [1.82, 2.24) is 0 Å². The van der Waals surface area contributed by atoms with Crippen LogP contribution in [0.15, 0.2) is 30.3 Å². The molecule has 0 amide bonds. The van der Waals surface area contributed by atoms with Gasteiger partial charge >= 0.3 is 0 Å². The molecule has 1 atom stereocenters. The van der Waals surface area contributed by atoms with Gasteiger partial charge in [0.15, 0.2) is 0 Å². The summed E-state index contributed by atoms with van der Waals surface area (Å²) in [6.07, 6.45) is 8.24. The van der Waals surface area contributed by atoms with Crippen molar-refractivity contribution in [3.05, 3.63) is 35.9 Å². The standard InChI is InChI=1S/C20H33NO3/c1-2-3-4-5-9-13-19(22)14-17-23-15-10-16-24-20(21)18-11-7-6-8-12-18/h6-8,11-12,19,21-22H,2-5,9-10,13-17H2,1H3. The number of unbranched alkanes of at least 4 members (excludes halogenated alkanes) is 4. The Bertz CT molecular complexity index is 422. The summed E-state index contributed by atoms with van der Waals surface area (Å²) in [5, 5.41) is 17.7. The number of aliphatic hydroxyl groups excluding tert-OH is 1. The third kappa shape index (κ3) is 10.4. The molecule has 4 nitrogen and oxygen atoms in total. The predicted octanol–water partition coefficient (Wildman–Crippen LogP) is 4.55. The van der Waals surface area contributed by atoms with Gasteiger partial charge in [0.1, 0.15) is 0 Å². The van der Waals surface area contributed by atoms with Crippen LogP contribution in [0.2, 0.25) is 0 Å². The van der Waals surface area contributed by atoms with E-state index in [0.29, 0.717) is 26.2 Å². The van der Waals surface area contributed by atoms with Crippen LogP contribution in [0.4, 0.5) is 0 Å². The SMILES string of the molecule is CCCCCCCC(O)CCOCCCOC(=N)c1ccccc1. The van der Waals surface area contributed by atoms with Crippen LogP contribution in [0, 0.1) is 5.41 Å². The number of rotatable bonds is 14. The Hall–Kier alpha value is -1.39. The zero-order valence-corrected chi connectivity index (χ0v) is 15.0. The highest BCUT2D eigenvalue weighted by molar-refractivity contribution is 5.91. The van der Waals surface area contributed by atoms with E-state index < -0.39 is 0 Å². The molecule has 1 aromatic carbocycles. The lowest BCUT2D eigenvalue weighted by Crippen LogP contribution is -2.12. The zero-order valence-electron chi connectivity index (χ0n) is 15.0. The average Bonchev–Trinajstić information content (AvgIpc) is 2.61. The Morgan fingerprint density at radius 1 is 0.958 bits per heavy atom. The molecule has 0 saturated heterocycles. The first-order valence-electron chi connectivity index (χ1n) is 9.26. The minimum Gasteiger partial charge on any atom is -0.478 e. The zero-order chi connectivity index (χ0) is 17.5. The minimum absolute atomic E-state index is 0.203.